The van der Waals surface area contributed by atoms with Crippen molar-refractivity contribution in [1.29, 1.82) is 0 Å². The van der Waals surface area contributed by atoms with E-state index in [1.807, 2.05) is 0 Å². The quantitative estimate of drug-likeness (QED) is 0.551. The highest BCUT2D eigenvalue weighted by Gasteiger charge is 2.22. The van der Waals surface area contributed by atoms with Gasteiger partial charge in [0.05, 0.1) is 17.5 Å². The molecule has 7 nitrogen and oxygen atoms in total. The van der Waals surface area contributed by atoms with Crippen LogP contribution in [0.15, 0.2) is 59.5 Å². The van der Waals surface area contributed by atoms with Crippen LogP contribution in [0, 0.1) is 11.6 Å². The number of pyridine rings is 1. The molecule has 5 rings (SSSR count). The van der Waals surface area contributed by atoms with Gasteiger partial charge in [0, 0.05) is 24.0 Å². The molecule has 1 N–H and O–H groups in total. The molecule has 9 heteroatoms. The molecule has 2 aromatic heterocycles. The molecule has 0 atom stereocenters. The van der Waals surface area contributed by atoms with E-state index in [9.17, 15) is 18.4 Å². The Balaban J connectivity index is 1.66. The number of H-pyrrole nitrogens is 1. The predicted octanol–water partition coefficient (Wildman–Crippen LogP) is 3.02. The van der Waals surface area contributed by atoms with Crippen LogP contribution < -0.4 is 10.5 Å². The maximum absolute atomic E-state index is 14.4. The van der Waals surface area contributed by atoms with Crippen molar-refractivity contribution in [1.82, 2.24) is 14.8 Å². The Hall–Kier alpha value is -3.85. The molecule has 0 aliphatic carbocycles. The molecular formula is C22H16F2N4O3. The summed E-state index contributed by atoms with van der Waals surface area (Å²) in [5.74, 6) is -1.73. The van der Waals surface area contributed by atoms with E-state index in [2.05, 4.69) is 10.1 Å². The van der Waals surface area contributed by atoms with E-state index in [4.69, 9.17) is 4.74 Å². The zero-order valence-electron chi connectivity index (χ0n) is 16.1. The number of ether oxygens (including phenoxy) is 1. The van der Waals surface area contributed by atoms with Crippen LogP contribution in [-0.2, 0) is 9.53 Å². The molecule has 2 aromatic carbocycles. The van der Waals surface area contributed by atoms with Crippen molar-refractivity contribution in [2.24, 2.45) is 0 Å². The highest BCUT2D eigenvalue weighted by molar-refractivity contribution is 5.96. The van der Waals surface area contributed by atoms with E-state index < -0.39 is 17.2 Å². The Morgan fingerprint density at radius 1 is 1.00 bits per heavy atom. The van der Waals surface area contributed by atoms with Gasteiger partial charge in [0.15, 0.2) is 11.6 Å². The third kappa shape index (κ3) is 3.19. The summed E-state index contributed by atoms with van der Waals surface area (Å²) in [5, 5.41) is 4.59. The first-order valence-electron chi connectivity index (χ1n) is 9.58. The minimum absolute atomic E-state index is 0.0282. The number of nitrogens with zero attached hydrogens (tertiary/aromatic N) is 3. The Bertz CT molecular complexity index is 1340. The molecule has 1 aliphatic heterocycles. The van der Waals surface area contributed by atoms with Crippen molar-refractivity contribution in [2.45, 2.75) is 0 Å². The standard InChI is InChI=1S/C22H16F2N4O3/c23-15-2-1-3-16(24)21(15)28-17-8-9-25-22(30)19(17)20(26-28)13-4-6-14(7-5-13)27-10-11-31-12-18(27)29/h1-9H,10-12H2,(H,25,30). The van der Waals surface area contributed by atoms with Crippen molar-refractivity contribution in [3.8, 4) is 16.9 Å². The number of amides is 1. The van der Waals surface area contributed by atoms with E-state index in [0.29, 0.717) is 24.4 Å². The van der Waals surface area contributed by atoms with Gasteiger partial charge in [-0.25, -0.2) is 13.5 Å². The van der Waals surface area contributed by atoms with Gasteiger partial charge in [-0.15, -0.1) is 0 Å². The van der Waals surface area contributed by atoms with Crippen LogP contribution in [0.4, 0.5) is 14.5 Å². The fourth-order valence-electron chi connectivity index (χ4n) is 3.73. The molecule has 0 bridgehead atoms. The Labute approximate surface area is 174 Å². The summed E-state index contributed by atoms with van der Waals surface area (Å²) in [4.78, 5) is 28.8. The molecule has 1 saturated heterocycles. The number of morpholine rings is 1. The van der Waals surface area contributed by atoms with Gasteiger partial charge in [0.1, 0.15) is 18.0 Å². The van der Waals surface area contributed by atoms with Gasteiger partial charge in [-0.3, -0.25) is 9.59 Å². The average molecular weight is 422 g/mol. The third-order valence-electron chi connectivity index (χ3n) is 5.19. The van der Waals surface area contributed by atoms with Crippen molar-refractivity contribution in [2.75, 3.05) is 24.7 Å². The second-order valence-corrected chi connectivity index (χ2v) is 7.04. The zero-order chi connectivity index (χ0) is 21.5. The number of halogens is 2. The maximum Gasteiger partial charge on any atom is 0.259 e. The lowest BCUT2D eigenvalue weighted by atomic mass is 10.1. The Morgan fingerprint density at radius 3 is 2.45 bits per heavy atom. The molecular weight excluding hydrogens is 406 g/mol. The molecule has 0 unspecified atom stereocenters. The number of aromatic amines is 1. The third-order valence-corrected chi connectivity index (χ3v) is 5.19. The van der Waals surface area contributed by atoms with E-state index >= 15 is 0 Å². The molecule has 0 saturated carbocycles. The summed E-state index contributed by atoms with van der Waals surface area (Å²) in [7, 11) is 0. The number of carbonyl (C=O) groups excluding carboxylic acids is 1. The van der Waals surface area contributed by atoms with Gasteiger partial charge in [-0.2, -0.15) is 5.10 Å². The van der Waals surface area contributed by atoms with Crippen LogP contribution in [0.25, 0.3) is 27.8 Å². The first-order chi connectivity index (χ1) is 15.0. The lowest BCUT2D eigenvalue weighted by Crippen LogP contribution is -2.41. The summed E-state index contributed by atoms with van der Waals surface area (Å²) < 4.78 is 35.1. The van der Waals surface area contributed by atoms with Crippen molar-refractivity contribution >= 4 is 22.5 Å². The topological polar surface area (TPSA) is 80.2 Å². The summed E-state index contributed by atoms with van der Waals surface area (Å²) in [5.41, 5.74) is 1.02. The van der Waals surface area contributed by atoms with E-state index in [0.717, 1.165) is 16.8 Å². The predicted molar refractivity (Wildman–Crippen MR) is 110 cm³/mol. The molecule has 0 spiro atoms. The van der Waals surface area contributed by atoms with Crippen molar-refractivity contribution in [3.05, 3.63) is 76.7 Å². The second kappa shape index (κ2) is 7.44. The number of para-hydroxylation sites is 1. The van der Waals surface area contributed by atoms with Crippen molar-refractivity contribution < 1.29 is 18.3 Å². The molecule has 1 aliphatic rings. The molecule has 1 fully saturated rings. The number of nitrogens with one attached hydrogen (secondary N) is 1. The SMILES string of the molecule is O=C1COCCN1c1ccc(-c2nn(-c3c(F)cccc3F)c3cc[nH]c(=O)c23)cc1. The molecule has 4 aromatic rings. The van der Waals surface area contributed by atoms with Crippen LogP contribution in [0.2, 0.25) is 0 Å². The van der Waals surface area contributed by atoms with Crippen LogP contribution in [0.1, 0.15) is 0 Å². The first kappa shape index (κ1) is 19.1. The number of benzene rings is 2. The number of hydrogen-bond acceptors (Lipinski definition) is 4. The zero-order valence-corrected chi connectivity index (χ0v) is 16.1. The molecule has 156 valence electrons. The summed E-state index contributed by atoms with van der Waals surface area (Å²) >= 11 is 0. The van der Waals surface area contributed by atoms with Crippen molar-refractivity contribution in [3.63, 3.8) is 0 Å². The van der Waals surface area contributed by atoms with Gasteiger partial charge in [-0.1, -0.05) is 18.2 Å². The van der Waals surface area contributed by atoms with Gasteiger partial charge in [0.2, 0.25) is 0 Å². The minimum atomic E-state index is -0.794. The number of hydrogen-bond donors (Lipinski definition) is 1. The normalized spacial score (nSPS) is 14.4. The lowest BCUT2D eigenvalue weighted by Gasteiger charge is -2.26. The molecule has 1 amide bonds. The Kier molecular flexibility index (Phi) is 4.59. The monoisotopic (exact) mass is 422 g/mol. The van der Waals surface area contributed by atoms with E-state index in [1.165, 1.54) is 12.3 Å². The van der Waals surface area contributed by atoms with Crippen LogP contribution in [0.3, 0.4) is 0 Å². The van der Waals surface area contributed by atoms with Crippen LogP contribution in [-0.4, -0.2) is 40.4 Å². The van der Waals surface area contributed by atoms with Gasteiger partial charge < -0.3 is 14.6 Å². The second-order valence-electron chi connectivity index (χ2n) is 7.04. The van der Waals surface area contributed by atoms with E-state index in [1.54, 1.807) is 35.2 Å². The number of rotatable bonds is 3. The summed E-state index contributed by atoms with van der Waals surface area (Å²) in [6.45, 7) is 0.925. The van der Waals surface area contributed by atoms with Crippen LogP contribution in [0.5, 0.6) is 0 Å². The number of fused-ring (bicyclic) bond motifs is 1. The number of carbonyl (C=O) groups is 1. The fraction of sp³-hybridized carbons (Fsp3) is 0.136. The smallest absolute Gasteiger partial charge is 0.259 e. The highest BCUT2D eigenvalue weighted by atomic mass is 19.1. The molecule has 3 heterocycles. The average Bonchev–Trinajstić information content (AvgIpc) is 3.15. The van der Waals surface area contributed by atoms with Gasteiger partial charge in [0.25, 0.3) is 11.5 Å². The lowest BCUT2D eigenvalue weighted by molar-refractivity contribution is -0.125. The highest BCUT2D eigenvalue weighted by Crippen LogP contribution is 2.30. The summed E-state index contributed by atoms with van der Waals surface area (Å²) in [6, 6.07) is 12.0. The minimum Gasteiger partial charge on any atom is -0.370 e. The Morgan fingerprint density at radius 2 is 1.74 bits per heavy atom. The molecule has 0 radical (unpaired) electrons. The maximum atomic E-state index is 14.4. The fourth-order valence-corrected chi connectivity index (χ4v) is 3.73. The first-order valence-corrected chi connectivity index (χ1v) is 9.58. The summed E-state index contributed by atoms with van der Waals surface area (Å²) in [6.07, 6.45) is 1.40. The largest absolute Gasteiger partial charge is 0.370 e. The number of anilines is 1. The van der Waals surface area contributed by atoms with Crippen LogP contribution >= 0.6 is 0 Å². The van der Waals surface area contributed by atoms with E-state index in [-0.39, 0.29) is 34.8 Å². The van der Waals surface area contributed by atoms with Gasteiger partial charge >= 0.3 is 0 Å². The molecule has 31 heavy (non-hydrogen) atoms. The number of aromatic nitrogens is 3. The van der Waals surface area contributed by atoms with Gasteiger partial charge in [-0.05, 0) is 30.3 Å².